The Balaban J connectivity index is 1.92. The van der Waals surface area contributed by atoms with Gasteiger partial charge in [-0.25, -0.2) is 8.42 Å². The van der Waals surface area contributed by atoms with Gasteiger partial charge in [-0.05, 0) is 32.9 Å². The fourth-order valence-electron chi connectivity index (χ4n) is 3.03. The molecule has 0 saturated heterocycles. The number of rotatable bonds is 4. The van der Waals surface area contributed by atoms with Crippen LogP contribution in [0.1, 0.15) is 20.8 Å². The topological polar surface area (TPSA) is 89.8 Å². The molecule has 7 nitrogen and oxygen atoms in total. The molecule has 3 rings (SSSR count). The van der Waals surface area contributed by atoms with E-state index in [4.69, 9.17) is 4.74 Å². The van der Waals surface area contributed by atoms with Crippen molar-refractivity contribution in [2.45, 2.75) is 43.4 Å². The molecule has 0 amide bonds. The van der Waals surface area contributed by atoms with Crippen molar-refractivity contribution < 1.29 is 18.1 Å². The molecule has 1 aliphatic carbocycles. The molecule has 25 heavy (non-hydrogen) atoms. The van der Waals surface area contributed by atoms with Crippen LogP contribution in [0, 0.1) is 16.0 Å². The zero-order valence-electron chi connectivity index (χ0n) is 14.2. The summed E-state index contributed by atoms with van der Waals surface area (Å²) in [6.45, 7) is 5.79. The third-order valence-electron chi connectivity index (χ3n) is 4.11. The lowest BCUT2D eigenvalue weighted by molar-refractivity contribution is -0.384. The van der Waals surface area contributed by atoms with Crippen molar-refractivity contribution in [3.8, 4) is 0 Å². The van der Waals surface area contributed by atoms with Gasteiger partial charge in [0.25, 0.3) is 15.7 Å². The summed E-state index contributed by atoms with van der Waals surface area (Å²) >= 11 is 0. The summed E-state index contributed by atoms with van der Waals surface area (Å²) in [6, 6.07) is 4.46. The number of hydrogen-bond acceptors (Lipinski definition) is 5. The summed E-state index contributed by atoms with van der Waals surface area (Å²) in [5.74, 6) is 0.0348. The minimum Gasteiger partial charge on any atom is -0.369 e. The average Bonchev–Trinajstić information content (AvgIpc) is 2.76. The Morgan fingerprint density at radius 2 is 1.76 bits per heavy atom. The van der Waals surface area contributed by atoms with E-state index in [1.807, 2.05) is 32.9 Å². The van der Waals surface area contributed by atoms with Gasteiger partial charge < -0.3 is 4.74 Å². The Kier molecular flexibility index (Phi) is 4.20. The van der Waals surface area contributed by atoms with Gasteiger partial charge in [-0.2, -0.15) is 0 Å². The van der Waals surface area contributed by atoms with E-state index in [2.05, 4.69) is 0 Å². The molecule has 0 saturated carbocycles. The SMILES string of the molecule is CC(C)(C)OC1C2C=CC1N(S(=O)(=O)c1ccc([N+](=O)[O-])cc1)C=C2. The van der Waals surface area contributed by atoms with Gasteiger partial charge >= 0.3 is 0 Å². The lowest BCUT2D eigenvalue weighted by atomic mass is 10.00. The Morgan fingerprint density at radius 3 is 2.32 bits per heavy atom. The van der Waals surface area contributed by atoms with Crippen LogP contribution in [-0.4, -0.2) is 35.4 Å². The van der Waals surface area contributed by atoms with Gasteiger partial charge in [-0.15, -0.1) is 0 Å². The molecule has 1 aromatic carbocycles. The maximum atomic E-state index is 13.0. The van der Waals surface area contributed by atoms with Crippen molar-refractivity contribution in [2.24, 2.45) is 5.92 Å². The number of fused-ring (bicyclic) bond motifs is 2. The summed E-state index contributed by atoms with van der Waals surface area (Å²) in [4.78, 5) is 10.2. The first-order valence-electron chi connectivity index (χ1n) is 7.92. The quantitative estimate of drug-likeness (QED) is 0.465. The maximum absolute atomic E-state index is 13.0. The van der Waals surface area contributed by atoms with Crippen LogP contribution in [0.5, 0.6) is 0 Å². The number of nitrogens with zero attached hydrogens (tertiary/aromatic N) is 2. The second kappa shape index (κ2) is 5.96. The van der Waals surface area contributed by atoms with Gasteiger partial charge in [0, 0.05) is 24.3 Å². The second-order valence-electron chi connectivity index (χ2n) is 7.08. The van der Waals surface area contributed by atoms with E-state index >= 15 is 0 Å². The molecule has 3 atom stereocenters. The van der Waals surface area contributed by atoms with Crippen LogP contribution in [0.3, 0.4) is 0 Å². The van der Waals surface area contributed by atoms with E-state index in [0.29, 0.717) is 0 Å². The maximum Gasteiger partial charge on any atom is 0.269 e. The first kappa shape index (κ1) is 17.6. The smallest absolute Gasteiger partial charge is 0.269 e. The molecule has 134 valence electrons. The van der Waals surface area contributed by atoms with E-state index in [9.17, 15) is 18.5 Å². The zero-order chi connectivity index (χ0) is 18.4. The van der Waals surface area contributed by atoms with Gasteiger partial charge in [0.1, 0.15) is 0 Å². The highest BCUT2D eigenvalue weighted by atomic mass is 32.2. The van der Waals surface area contributed by atoms with Crippen LogP contribution in [0.15, 0.2) is 53.6 Å². The van der Waals surface area contributed by atoms with E-state index in [1.165, 1.54) is 28.6 Å². The molecule has 1 heterocycles. The number of sulfonamides is 1. The molecule has 1 aromatic rings. The normalized spacial score (nSPS) is 25.4. The van der Waals surface area contributed by atoms with Gasteiger partial charge in [0.2, 0.25) is 0 Å². The molecule has 2 bridgehead atoms. The number of ether oxygens (including phenoxy) is 1. The molecule has 8 heteroatoms. The molecule has 2 aliphatic rings. The Labute approximate surface area is 146 Å². The van der Waals surface area contributed by atoms with Gasteiger partial charge in [0.05, 0.1) is 27.6 Å². The van der Waals surface area contributed by atoms with Crippen LogP contribution in [0.2, 0.25) is 0 Å². The molecular weight excluding hydrogens is 344 g/mol. The van der Waals surface area contributed by atoms with Gasteiger partial charge in [-0.1, -0.05) is 18.2 Å². The first-order chi connectivity index (χ1) is 11.6. The Morgan fingerprint density at radius 1 is 1.12 bits per heavy atom. The highest BCUT2D eigenvalue weighted by Crippen LogP contribution is 2.37. The third kappa shape index (κ3) is 3.32. The lowest BCUT2D eigenvalue weighted by Gasteiger charge is -2.39. The summed E-state index contributed by atoms with van der Waals surface area (Å²) in [6.07, 6.45) is 6.85. The Hall–Kier alpha value is -2.19. The van der Waals surface area contributed by atoms with Crippen LogP contribution in [-0.2, 0) is 14.8 Å². The number of hydrogen-bond donors (Lipinski definition) is 0. The number of benzene rings is 1. The van der Waals surface area contributed by atoms with E-state index in [0.717, 1.165) is 0 Å². The molecule has 3 unspecified atom stereocenters. The van der Waals surface area contributed by atoms with E-state index in [1.54, 1.807) is 12.3 Å². The van der Waals surface area contributed by atoms with Crippen molar-refractivity contribution in [3.05, 3.63) is 58.8 Å². The van der Waals surface area contributed by atoms with Crippen LogP contribution in [0.4, 0.5) is 5.69 Å². The van der Waals surface area contributed by atoms with E-state index in [-0.39, 0.29) is 22.6 Å². The second-order valence-corrected chi connectivity index (χ2v) is 8.92. The fourth-order valence-corrected chi connectivity index (χ4v) is 4.50. The summed E-state index contributed by atoms with van der Waals surface area (Å²) in [5.41, 5.74) is -0.552. The van der Waals surface area contributed by atoms with Crippen molar-refractivity contribution >= 4 is 15.7 Å². The predicted molar refractivity (Wildman–Crippen MR) is 92.3 cm³/mol. The monoisotopic (exact) mass is 364 g/mol. The number of nitro groups is 1. The minimum absolute atomic E-state index is 0.0102. The van der Waals surface area contributed by atoms with E-state index < -0.39 is 26.6 Å². The lowest BCUT2D eigenvalue weighted by Crippen LogP contribution is -2.48. The largest absolute Gasteiger partial charge is 0.369 e. The molecule has 0 spiro atoms. The van der Waals surface area contributed by atoms with Crippen molar-refractivity contribution in [2.75, 3.05) is 0 Å². The van der Waals surface area contributed by atoms with Gasteiger partial charge in [0.15, 0.2) is 0 Å². The molecule has 0 fully saturated rings. The third-order valence-corrected chi connectivity index (χ3v) is 5.90. The van der Waals surface area contributed by atoms with Gasteiger partial charge in [-0.3, -0.25) is 14.4 Å². The highest BCUT2D eigenvalue weighted by molar-refractivity contribution is 7.89. The van der Waals surface area contributed by atoms with Crippen LogP contribution < -0.4 is 0 Å². The van der Waals surface area contributed by atoms with Crippen LogP contribution in [0.25, 0.3) is 0 Å². The Bertz CT molecular complexity index is 837. The van der Waals surface area contributed by atoms with Crippen molar-refractivity contribution in [3.63, 3.8) is 0 Å². The summed E-state index contributed by atoms with van der Waals surface area (Å²) < 4.78 is 33.3. The number of non-ortho nitro benzene ring substituents is 1. The number of nitro benzene ring substituents is 1. The predicted octanol–water partition coefficient (Wildman–Crippen LogP) is 2.85. The average molecular weight is 364 g/mol. The zero-order valence-corrected chi connectivity index (χ0v) is 15.0. The highest BCUT2D eigenvalue weighted by Gasteiger charge is 2.43. The molecule has 1 aliphatic heterocycles. The summed E-state index contributed by atoms with van der Waals surface area (Å²) in [7, 11) is -3.83. The van der Waals surface area contributed by atoms with Crippen molar-refractivity contribution in [1.82, 2.24) is 4.31 Å². The minimum atomic E-state index is -3.83. The first-order valence-corrected chi connectivity index (χ1v) is 9.36. The van der Waals surface area contributed by atoms with Crippen LogP contribution >= 0.6 is 0 Å². The summed E-state index contributed by atoms with van der Waals surface area (Å²) in [5, 5.41) is 10.8. The van der Waals surface area contributed by atoms with Crippen molar-refractivity contribution in [1.29, 1.82) is 0 Å². The molecule has 0 radical (unpaired) electrons. The molecular formula is C17H20N2O5S. The molecule has 0 N–H and O–H groups in total. The molecule has 0 aromatic heterocycles. The fraction of sp³-hybridized carbons (Fsp3) is 0.412. The standard InChI is InChI=1S/C17H20N2O5S/c1-17(2,3)24-16-12-4-9-15(16)18(11-10-12)25(22,23)14-7-5-13(6-8-14)19(20)21/h4-12,15-16H,1-3H3.